The van der Waals surface area contributed by atoms with Gasteiger partial charge in [0.1, 0.15) is 11.6 Å². The quantitative estimate of drug-likeness (QED) is 0.705. The van der Waals surface area contributed by atoms with Crippen LogP contribution in [0.2, 0.25) is 0 Å². The zero-order valence-electron chi connectivity index (χ0n) is 12.0. The number of imidazole rings is 1. The van der Waals surface area contributed by atoms with Gasteiger partial charge < -0.3 is 10.3 Å². The fourth-order valence-corrected chi connectivity index (χ4v) is 2.39. The molecule has 0 atom stereocenters. The Kier molecular flexibility index (Phi) is 3.97. The third kappa shape index (κ3) is 3.28. The minimum atomic E-state index is -0.140. The van der Waals surface area contributed by atoms with E-state index in [2.05, 4.69) is 34.3 Å². The summed E-state index contributed by atoms with van der Waals surface area (Å²) in [6.45, 7) is 3.44. The van der Waals surface area contributed by atoms with E-state index in [4.69, 9.17) is 0 Å². The molecule has 1 heterocycles. The van der Waals surface area contributed by atoms with Crippen LogP contribution in [0, 0.1) is 12.7 Å². The Bertz CT molecular complexity index is 749. The first kappa shape index (κ1) is 13.8. The van der Waals surface area contributed by atoms with E-state index >= 15 is 0 Å². The van der Waals surface area contributed by atoms with Crippen molar-refractivity contribution in [3.63, 3.8) is 0 Å². The van der Waals surface area contributed by atoms with Gasteiger partial charge in [0.25, 0.3) is 0 Å². The molecule has 2 N–H and O–H groups in total. The Morgan fingerprint density at radius 2 is 2.05 bits per heavy atom. The fourth-order valence-electron chi connectivity index (χ4n) is 2.39. The minimum absolute atomic E-state index is 0.140. The number of H-pyrrole nitrogens is 1. The van der Waals surface area contributed by atoms with Gasteiger partial charge in [-0.25, -0.2) is 9.37 Å². The zero-order valence-corrected chi connectivity index (χ0v) is 12.0. The molecule has 0 saturated carbocycles. The second-order valence-corrected chi connectivity index (χ2v) is 5.22. The van der Waals surface area contributed by atoms with Crippen molar-refractivity contribution in [2.24, 2.45) is 0 Å². The van der Waals surface area contributed by atoms with Crippen molar-refractivity contribution in [1.82, 2.24) is 15.3 Å². The fraction of sp³-hybridized carbons (Fsp3) is 0.235. The Labute approximate surface area is 123 Å². The van der Waals surface area contributed by atoms with Crippen LogP contribution in [0.1, 0.15) is 17.0 Å². The molecule has 0 saturated heterocycles. The van der Waals surface area contributed by atoms with Gasteiger partial charge >= 0.3 is 0 Å². The number of hydrogen-bond donors (Lipinski definition) is 2. The van der Waals surface area contributed by atoms with E-state index in [1.807, 2.05) is 18.2 Å². The molecule has 3 nitrogen and oxygen atoms in total. The van der Waals surface area contributed by atoms with Gasteiger partial charge in [0.05, 0.1) is 17.6 Å². The van der Waals surface area contributed by atoms with E-state index in [1.54, 1.807) is 6.07 Å². The van der Waals surface area contributed by atoms with Crippen molar-refractivity contribution in [3.8, 4) is 0 Å². The van der Waals surface area contributed by atoms with Crippen LogP contribution in [0.4, 0.5) is 4.39 Å². The lowest BCUT2D eigenvalue weighted by Gasteiger charge is -2.04. The van der Waals surface area contributed by atoms with E-state index in [0.29, 0.717) is 13.0 Å². The molecule has 2 aromatic carbocycles. The van der Waals surface area contributed by atoms with Crippen LogP contribution >= 0.6 is 0 Å². The molecule has 3 rings (SSSR count). The molecule has 0 unspecified atom stereocenters. The second-order valence-electron chi connectivity index (χ2n) is 5.22. The molecule has 0 radical (unpaired) electrons. The molecule has 1 aromatic heterocycles. The Balaban J connectivity index is 1.56. The number of aryl methyl sites for hydroxylation is 1. The summed E-state index contributed by atoms with van der Waals surface area (Å²) in [4.78, 5) is 7.82. The van der Waals surface area contributed by atoms with Crippen molar-refractivity contribution in [3.05, 3.63) is 65.2 Å². The van der Waals surface area contributed by atoms with Crippen LogP contribution in [-0.2, 0) is 13.0 Å². The van der Waals surface area contributed by atoms with E-state index < -0.39 is 0 Å². The van der Waals surface area contributed by atoms with Gasteiger partial charge in [-0.2, -0.15) is 0 Å². The molecule has 0 aliphatic carbocycles. The second kappa shape index (κ2) is 6.06. The maximum absolute atomic E-state index is 13.5. The number of aromatic amines is 1. The lowest BCUT2D eigenvalue weighted by molar-refractivity contribution is 0.595. The molecular weight excluding hydrogens is 265 g/mol. The van der Waals surface area contributed by atoms with Gasteiger partial charge in [0, 0.05) is 0 Å². The minimum Gasteiger partial charge on any atom is -0.341 e. The number of rotatable bonds is 5. The van der Waals surface area contributed by atoms with Crippen LogP contribution < -0.4 is 5.32 Å². The summed E-state index contributed by atoms with van der Waals surface area (Å²) in [5.74, 6) is 0.766. The number of nitrogens with zero attached hydrogens (tertiary/aromatic N) is 1. The normalized spacial score (nSPS) is 11.1. The number of fused-ring (bicyclic) bond motifs is 1. The molecule has 0 fully saturated rings. The van der Waals surface area contributed by atoms with Gasteiger partial charge in [-0.05, 0) is 49.2 Å². The smallest absolute Gasteiger partial charge is 0.126 e. The standard InChI is InChI=1S/C17H18FN3/c1-12-6-7-15-16(10-12)21-17(20-15)11-19-9-8-13-4-2-3-5-14(13)18/h2-7,10,19H,8-9,11H2,1H3,(H,20,21). The lowest BCUT2D eigenvalue weighted by Crippen LogP contribution is -2.17. The van der Waals surface area contributed by atoms with Crippen molar-refractivity contribution < 1.29 is 4.39 Å². The summed E-state index contributed by atoms with van der Waals surface area (Å²) in [5.41, 5.74) is 3.99. The van der Waals surface area contributed by atoms with E-state index in [0.717, 1.165) is 29.0 Å². The largest absolute Gasteiger partial charge is 0.341 e. The highest BCUT2D eigenvalue weighted by molar-refractivity contribution is 5.75. The number of benzene rings is 2. The first-order valence-corrected chi connectivity index (χ1v) is 7.12. The highest BCUT2D eigenvalue weighted by Gasteiger charge is 2.03. The van der Waals surface area contributed by atoms with Gasteiger partial charge in [-0.3, -0.25) is 0 Å². The summed E-state index contributed by atoms with van der Waals surface area (Å²) in [6, 6.07) is 13.0. The number of halogens is 1. The predicted molar refractivity (Wildman–Crippen MR) is 82.6 cm³/mol. The Morgan fingerprint density at radius 3 is 2.90 bits per heavy atom. The Hall–Kier alpha value is -2.20. The lowest BCUT2D eigenvalue weighted by atomic mass is 10.1. The summed E-state index contributed by atoms with van der Waals surface area (Å²) < 4.78 is 13.5. The summed E-state index contributed by atoms with van der Waals surface area (Å²) in [6.07, 6.45) is 0.673. The maximum Gasteiger partial charge on any atom is 0.126 e. The molecule has 4 heteroatoms. The van der Waals surface area contributed by atoms with Crippen molar-refractivity contribution in [2.75, 3.05) is 6.54 Å². The molecule has 0 aliphatic rings. The molecule has 0 bridgehead atoms. The van der Waals surface area contributed by atoms with Crippen LogP contribution in [0.15, 0.2) is 42.5 Å². The van der Waals surface area contributed by atoms with Crippen LogP contribution in [-0.4, -0.2) is 16.5 Å². The summed E-state index contributed by atoms with van der Waals surface area (Å²) >= 11 is 0. The average molecular weight is 283 g/mol. The highest BCUT2D eigenvalue weighted by Crippen LogP contribution is 2.13. The SMILES string of the molecule is Cc1ccc2nc(CNCCc3ccccc3F)[nH]c2c1. The van der Waals surface area contributed by atoms with Gasteiger partial charge in [0.2, 0.25) is 0 Å². The number of hydrogen-bond acceptors (Lipinski definition) is 2. The van der Waals surface area contributed by atoms with Crippen LogP contribution in [0.3, 0.4) is 0 Å². The highest BCUT2D eigenvalue weighted by atomic mass is 19.1. The third-order valence-corrected chi connectivity index (χ3v) is 3.51. The molecule has 0 aliphatic heterocycles. The molecule has 0 amide bonds. The zero-order chi connectivity index (χ0) is 14.7. The van der Waals surface area contributed by atoms with E-state index in [1.165, 1.54) is 11.6 Å². The predicted octanol–water partition coefficient (Wildman–Crippen LogP) is 3.34. The first-order valence-electron chi connectivity index (χ1n) is 7.12. The van der Waals surface area contributed by atoms with E-state index in [-0.39, 0.29) is 5.82 Å². The van der Waals surface area contributed by atoms with Crippen molar-refractivity contribution in [1.29, 1.82) is 0 Å². The Morgan fingerprint density at radius 1 is 1.19 bits per heavy atom. The summed E-state index contributed by atoms with van der Waals surface area (Å²) in [7, 11) is 0. The maximum atomic E-state index is 13.5. The van der Waals surface area contributed by atoms with Crippen molar-refractivity contribution >= 4 is 11.0 Å². The first-order chi connectivity index (χ1) is 10.2. The van der Waals surface area contributed by atoms with E-state index in [9.17, 15) is 4.39 Å². The molecule has 21 heavy (non-hydrogen) atoms. The van der Waals surface area contributed by atoms with Crippen molar-refractivity contribution in [2.45, 2.75) is 19.9 Å². The topological polar surface area (TPSA) is 40.7 Å². The third-order valence-electron chi connectivity index (χ3n) is 3.51. The van der Waals surface area contributed by atoms with Crippen LogP contribution in [0.5, 0.6) is 0 Å². The number of aromatic nitrogens is 2. The van der Waals surface area contributed by atoms with Gasteiger partial charge in [-0.1, -0.05) is 24.3 Å². The average Bonchev–Trinajstić information content (AvgIpc) is 2.87. The molecular formula is C17H18FN3. The monoisotopic (exact) mass is 283 g/mol. The van der Waals surface area contributed by atoms with Gasteiger partial charge in [0.15, 0.2) is 0 Å². The van der Waals surface area contributed by atoms with Crippen LogP contribution in [0.25, 0.3) is 11.0 Å². The number of nitrogens with one attached hydrogen (secondary N) is 2. The summed E-state index contributed by atoms with van der Waals surface area (Å²) in [5, 5.41) is 3.29. The molecule has 3 aromatic rings. The van der Waals surface area contributed by atoms with Gasteiger partial charge in [-0.15, -0.1) is 0 Å². The molecule has 108 valence electrons. The molecule has 0 spiro atoms.